The van der Waals surface area contributed by atoms with Crippen molar-refractivity contribution in [1.29, 1.82) is 0 Å². The zero-order valence-electron chi connectivity index (χ0n) is 23.1. The van der Waals surface area contributed by atoms with Crippen LogP contribution in [0.25, 0.3) is 11.1 Å². The molecule has 42 heavy (non-hydrogen) atoms. The number of phenols is 1. The first-order valence-corrected chi connectivity index (χ1v) is 16.3. The van der Waals surface area contributed by atoms with Gasteiger partial charge in [-0.3, -0.25) is 4.57 Å². The van der Waals surface area contributed by atoms with Gasteiger partial charge in [0.05, 0.1) is 22.4 Å². The molecular weight excluding hydrogens is 583 g/mol. The van der Waals surface area contributed by atoms with Crippen molar-refractivity contribution in [2.75, 3.05) is 7.11 Å². The number of phenolic OH excluding ortho intramolecular Hbond substituents is 1. The minimum absolute atomic E-state index is 0.0812. The Bertz CT molecular complexity index is 1740. The highest BCUT2D eigenvalue weighted by atomic mass is 32.2. The van der Waals surface area contributed by atoms with E-state index in [0.717, 1.165) is 34.4 Å². The summed E-state index contributed by atoms with van der Waals surface area (Å²) in [7, 11) is -7.49. The molecule has 0 heterocycles. The SMILES string of the molecule is C=S(=O)(c1ccccc1CC)N(Cc1ccc(C(F)(F)P(=O)(O)O)c(O)c1)Cc1ccccc1-c1cccc(OC)c1. The number of aryl methyl sites for hydroxylation is 1. The Hall–Kier alpha value is -3.53. The molecule has 1 unspecified atom stereocenters. The molecule has 0 saturated heterocycles. The molecule has 0 aliphatic heterocycles. The lowest BCUT2D eigenvalue weighted by atomic mass is 9.99. The van der Waals surface area contributed by atoms with E-state index in [1.54, 1.807) is 23.5 Å². The van der Waals surface area contributed by atoms with E-state index < -0.39 is 34.3 Å². The predicted molar refractivity (Wildman–Crippen MR) is 161 cm³/mol. The normalized spacial score (nSPS) is 13.6. The lowest BCUT2D eigenvalue weighted by molar-refractivity contribution is 0.0539. The Morgan fingerprint density at radius 2 is 1.60 bits per heavy atom. The molecule has 0 radical (unpaired) electrons. The highest BCUT2D eigenvalue weighted by Gasteiger charge is 2.52. The number of methoxy groups -OCH3 is 1. The maximum absolute atomic E-state index is 14.6. The molecule has 0 amide bonds. The summed E-state index contributed by atoms with van der Waals surface area (Å²) in [4.78, 5) is 18.8. The minimum atomic E-state index is -5.89. The summed E-state index contributed by atoms with van der Waals surface area (Å²) in [6.45, 7) is 1.99. The molecule has 7 nitrogen and oxygen atoms in total. The molecule has 0 aliphatic rings. The van der Waals surface area contributed by atoms with Gasteiger partial charge in [-0.25, -0.2) is 8.51 Å². The fourth-order valence-corrected chi connectivity index (χ4v) is 7.12. The minimum Gasteiger partial charge on any atom is -0.507 e. The first-order valence-electron chi connectivity index (χ1n) is 13.0. The molecule has 4 aromatic rings. The summed E-state index contributed by atoms with van der Waals surface area (Å²) >= 11 is 0. The first-order chi connectivity index (χ1) is 19.8. The summed E-state index contributed by atoms with van der Waals surface area (Å²) in [5.41, 5.74) is -2.10. The number of hydrogen-bond donors (Lipinski definition) is 3. The Kier molecular flexibility index (Phi) is 9.25. The molecule has 222 valence electrons. The molecule has 11 heteroatoms. The largest absolute Gasteiger partial charge is 0.507 e. The average molecular weight is 616 g/mol. The Balaban J connectivity index is 1.81. The second-order valence-electron chi connectivity index (χ2n) is 9.73. The van der Waals surface area contributed by atoms with Crippen molar-refractivity contribution < 1.29 is 37.2 Å². The molecule has 0 saturated carbocycles. The van der Waals surface area contributed by atoms with Crippen molar-refractivity contribution in [1.82, 2.24) is 4.31 Å². The number of rotatable bonds is 11. The highest BCUT2D eigenvalue weighted by molar-refractivity contribution is 7.98. The van der Waals surface area contributed by atoms with E-state index in [1.807, 2.05) is 67.6 Å². The van der Waals surface area contributed by atoms with Crippen LogP contribution in [0.4, 0.5) is 8.78 Å². The zero-order valence-corrected chi connectivity index (χ0v) is 24.8. The van der Waals surface area contributed by atoms with Crippen molar-refractivity contribution in [3.05, 3.63) is 113 Å². The van der Waals surface area contributed by atoms with Crippen LogP contribution in [-0.4, -0.2) is 36.4 Å². The summed E-state index contributed by atoms with van der Waals surface area (Å²) in [6.07, 6.45) is 0.601. The third-order valence-corrected chi connectivity index (χ3v) is 10.1. The van der Waals surface area contributed by atoms with Crippen molar-refractivity contribution in [2.45, 2.75) is 37.0 Å². The van der Waals surface area contributed by atoms with Gasteiger partial charge in [-0.2, -0.15) is 8.78 Å². The molecule has 0 bridgehead atoms. The van der Waals surface area contributed by atoms with Crippen LogP contribution < -0.4 is 4.74 Å². The van der Waals surface area contributed by atoms with E-state index in [9.17, 15) is 22.7 Å². The smallest absolute Gasteiger partial charge is 0.399 e. The Morgan fingerprint density at radius 1 is 0.929 bits per heavy atom. The van der Waals surface area contributed by atoms with Crippen LogP contribution in [0.15, 0.2) is 95.9 Å². The molecule has 3 N–H and O–H groups in total. The van der Waals surface area contributed by atoms with Crippen molar-refractivity contribution in [2.24, 2.45) is 0 Å². The van der Waals surface area contributed by atoms with Crippen LogP contribution in [0, 0.1) is 0 Å². The second kappa shape index (κ2) is 12.4. The van der Waals surface area contributed by atoms with Gasteiger partial charge in [0.1, 0.15) is 11.5 Å². The number of nitrogens with zero attached hydrogens (tertiary/aromatic N) is 1. The summed E-state index contributed by atoms with van der Waals surface area (Å²) in [5, 5.41) is 10.4. The summed E-state index contributed by atoms with van der Waals surface area (Å²) < 4.78 is 61.7. The first kappa shape index (κ1) is 31.4. The van der Waals surface area contributed by atoms with E-state index in [4.69, 9.17) is 14.5 Å². The second-order valence-corrected chi connectivity index (χ2v) is 13.6. The molecule has 4 aromatic carbocycles. The van der Waals surface area contributed by atoms with E-state index in [2.05, 4.69) is 5.87 Å². The van der Waals surface area contributed by atoms with Crippen LogP contribution in [0.5, 0.6) is 11.5 Å². The number of hydrogen-bond acceptors (Lipinski definition) is 4. The topological polar surface area (TPSA) is 107 Å². The maximum Gasteiger partial charge on any atom is 0.399 e. The summed E-state index contributed by atoms with van der Waals surface area (Å²) in [5.74, 6) is 3.81. The van der Waals surface area contributed by atoms with Gasteiger partial charge in [-0.05, 0) is 70.4 Å². The van der Waals surface area contributed by atoms with Gasteiger partial charge >= 0.3 is 13.3 Å². The van der Waals surface area contributed by atoms with Gasteiger partial charge in [0.15, 0.2) is 0 Å². The number of halogens is 2. The van der Waals surface area contributed by atoms with Gasteiger partial charge in [-0.1, -0.05) is 67.6 Å². The lowest BCUT2D eigenvalue weighted by Gasteiger charge is -2.29. The van der Waals surface area contributed by atoms with Crippen LogP contribution in [0.2, 0.25) is 0 Å². The van der Waals surface area contributed by atoms with Gasteiger partial charge in [0, 0.05) is 18.0 Å². The number of aromatic hydroxyl groups is 1. The zero-order chi connectivity index (χ0) is 30.7. The monoisotopic (exact) mass is 615 g/mol. The van der Waals surface area contributed by atoms with Crippen LogP contribution in [-0.2, 0) is 39.4 Å². The number of ether oxygens (including phenoxy) is 1. The molecule has 1 atom stereocenters. The van der Waals surface area contributed by atoms with Crippen molar-refractivity contribution >= 4 is 23.2 Å². The molecule has 0 aliphatic carbocycles. The van der Waals surface area contributed by atoms with Crippen molar-refractivity contribution in [3.63, 3.8) is 0 Å². The predicted octanol–water partition coefficient (Wildman–Crippen LogP) is 6.55. The van der Waals surface area contributed by atoms with Crippen LogP contribution in [0.3, 0.4) is 0 Å². The van der Waals surface area contributed by atoms with E-state index in [-0.39, 0.29) is 13.1 Å². The van der Waals surface area contributed by atoms with Gasteiger partial charge in [0.25, 0.3) is 0 Å². The maximum atomic E-state index is 14.6. The van der Waals surface area contributed by atoms with E-state index in [1.165, 1.54) is 6.07 Å². The van der Waals surface area contributed by atoms with Gasteiger partial charge < -0.3 is 19.6 Å². The lowest BCUT2D eigenvalue weighted by Crippen LogP contribution is -2.31. The number of benzene rings is 4. The molecule has 0 fully saturated rings. The molecular formula is C31H32F2NO6PS. The third kappa shape index (κ3) is 6.43. The number of alkyl halides is 2. The Labute approximate surface area is 244 Å². The highest BCUT2D eigenvalue weighted by Crippen LogP contribution is 2.60. The molecule has 0 aromatic heterocycles. The fraction of sp³-hybridized carbons (Fsp3) is 0.194. The third-order valence-electron chi connectivity index (χ3n) is 6.97. The quantitative estimate of drug-likeness (QED) is 0.131. The van der Waals surface area contributed by atoms with Crippen LogP contribution in [0.1, 0.15) is 29.2 Å². The van der Waals surface area contributed by atoms with Crippen molar-refractivity contribution in [3.8, 4) is 22.6 Å². The van der Waals surface area contributed by atoms with E-state index in [0.29, 0.717) is 22.6 Å². The average Bonchev–Trinajstić information content (AvgIpc) is 2.96. The summed E-state index contributed by atoms with van der Waals surface area (Å²) in [6, 6.07) is 25.3. The Morgan fingerprint density at radius 3 is 2.24 bits per heavy atom. The van der Waals surface area contributed by atoms with Gasteiger partial charge in [0.2, 0.25) is 0 Å². The molecule has 0 spiro atoms. The molecule has 4 rings (SSSR count). The standard InChI is InChI=1S/C31H32F2NO6PS/c1-4-23-10-6-8-15-30(23)42(3,39)34(20-22-16-17-28(29(35)18-22)31(32,33)41(36,37)38)21-25-11-5-7-14-27(25)24-12-9-13-26(19-24)40-2/h5-19,35H,3-4,20-21H2,1-2H3,(H2,36,37,38). The van der Waals surface area contributed by atoms with Crippen LogP contribution >= 0.6 is 7.60 Å². The fourth-order valence-electron chi connectivity index (χ4n) is 4.72. The van der Waals surface area contributed by atoms with E-state index >= 15 is 0 Å². The van der Waals surface area contributed by atoms with Gasteiger partial charge in [-0.15, -0.1) is 0 Å².